The normalized spacial score (nSPS) is 10.7. The summed E-state index contributed by atoms with van der Waals surface area (Å²) in [6.07, 6.45) is 0.593. The van der Waals surface area contributed by atoms with E-state index in [1.165, 1.54) is 6.07 Å². The Balaban J connectivity index is 2.42. The van der Waals surface area contributed by atoms with Gasteiger partial charge in [-0.3, -0.25) is 0 Å². The van der Waals surface area contributed by atoms with Crippen LogP contribution in [0.3, 0.4) is 0 Å². The molecule has 0 aliphatic rings. The Hall–Kier alpha value is -1.75. The van der Waals surface area contributed by atoms with Crippen molar-refractivity contribution in [2.45, 2.75) is 13.3 Å². The van der Waals surface area contributed by atoms with E-state index in [4.69, 9.17) is 5.73 Å². The monoisotopic (exact) mass is 221 g/mol. The van der Waals surface area contributed by atoms with Crippen LogP contribution in [-0.2, 0) is 6.42 Å². The fourth-order valence-corrected chi connectivity index (χ4v) is 1.52. The summed E-state index contributed by atoms with van der Waals surface area (Å²) >= 11 is 0. The minimum atomic E-state index is -0.236. The van der Waals surface area contributed by atoms with E-state index < -0.39 is 0 Å². The van der Waals surface area contributed by atoms with Crippen molar-refractivity contribution in [3.05, 3.63) is 35.3 Å². The molecule has 2 N–H and O–H groups in total. The number of hydrogen-bond donors (Lipinski definition) is 1. The first-order valence-corrected chi connectivity index (χ1v) is 5.00. The molecule has 0 radical (unpaired) electrons. The lowest BCUT2D eigenvalue weighted by Crippen LogP contribution is -2.04. The smallest absolute Gasteiger partial charge is 0.138 e. The van der Waals surface area contributed by atoms with E-state index in [1.54, 1.807) is 19.1 Å². The van der Waals surface area contributed by atoms with Crippen molar-refractivity contribution < 1.29 is 9.02 Å². The van der Waals surface area contributed by atoms with Gasteiger partial charge in [0.2, 0.25) is 0 Å². The summed E-state index contributed by atoms with van der Waals surface area (Å²) < 4.78 is 17.8. The molecule has 4 nitrogen and oxygen atoms in total. The predicted molar refractivity (Wildman–Crippen MR) is 57.2 cm³/mol. The summed E-state index contributed by atoms with van der Waals surface area (Å²) in [7, 11) is 0. The molecule has 0 bridgehead atoms. The summed E-state index contributed by atoms with van der Waals surface area (Å²) in [5.41, 5.74) is 8.15. The van der Waals surface area contributed by atoms with Crippen LogP contribution in [0.1, 0.15) is 11.3 Å². The largest absolute Gasteiger partial charge is 0.330 e. The fraction of sp³-hybridized carbons (Fsp3) is 0.273. The first-order valence-electron chi connectivity index (χ1n) is 5.00. The molecule has 0 atom stereocenters. The van der Waals surface area contributed by atoms with E-state index in [0.717, 1.165) is 5.56 Å². The molecule has 0 amide bonds. The highest BCUT2D eigenvalue weighted by Crippen LogP contribution is 2.22. The second-order valence-electron chi connectivity index (χ2n) is 3.56. The molecule has 16 heavy (non-hydrogen) atoms. The van der Waals surface area contributed by atoms with Crippen LogP contribution in [0.2, 0.25) is 0 Å². The van der Waals surface area contributed by atoms with Crippen LogP contribution in [0, 0.1) is 12.7 Å². The summed E-state index contributed by atoms with van der Waals surface area (Å²) in [5, 5.41) is 7.59. The molecule has 2 rings (SSSR count). The number of hydrogen-bond acceptors (Lipinski definition) is 4. The fourth-order valence-electron chi connectivity index (χ4n) is 1.52. The maximum atomic E-state index is 13.1. The minimum Gasteiger partial charge on any atom is -0.330 e. The Morgan fingerprint density at radius 1 is 1.38 bits per heavy atom. The molecule has 2 aromatic rings. The minimum absolute atomic E-state index is 0.236. The van der Waals surface area contributed by atoms with Gasteiger partial charge in [0, 0.05) is 12.0 Å². The van der Waals surface area contributed by atoms with Gasteiger partial charge in [-0.1, -0.05) is 5.16 Å². The lowest BCUT2D eigenvalue weighted by molar-refractivity contribution is 0.304. The summed E-state index contributed by atoms with van der Waals surface area (Å²) in [4.78, 5) is 0. The predicted octanol–water partition coefficient (Wildman–Crippen LogP) is 1.69. The summed E-state index contributed by atoms with van der Waals surface area (Å²) in [6, 6.07) is 4.78. The number of benzene rings is 1. The number of nitrogens with two attached hydrogens (primary N) is 1. The van der Waals surface area contributed by atoms with Gasteiger partial charge in [0.05, 0.1) is 0 Å². The van der Waals surface area contributed by atoms with E-state index >= 15 is 0 Å². The number of aryl methyl sites for hydroxylation is 1. The van der Waals surface area contributed by atoms with Gasteiger partial charge in [0.1, 0.15) is 17.2 Å². The second-order valence-corrected chi connectivity index (χ2v) is 3.56. The van der Waals surface area contributed by atoms with E-state index in [0.29, 0.717) is 29.9 Å². The maximum absolute atomic E-state index is 13.1. The number of rotatable bonds is 3. The molecule has 5 heteroatoms. The highest BCUT2D eigenvalue weighted by molar-refractivity contribution is 5.61. The molecule has 0 fully saturated rings. The molecular weight excluding hydrogens is 209 g/mol. The average Bonchev–Trinajstić information content (AvgIpc) is 2.71. The van der Waals surface area contributed by atoms with Crippen molar-refractivity contribution in [3.63, 3.8) is 0 Å². The quantitative estimate of drug-likeness (QED) is 0.856. The number of nitrogens with zero attached hydrogens (tertiary/aromatic N) is 2. The third kappa shape index (κ3) is 1.94. The Labute approximate surface area is 92.2 Å². The van der Waals surface area contributed by atoms with Crippen molar-refractivity contribution in [2.24, 2.45) is 5.73 Å². The summed E-state index contributed by atoms with van der Waals surface area (Å²) in [5.74, 6) is -0.236. The highest BCUT2D eigenvalue weighted by Gasteiger charge is 2.12. The molecule has 1 aromatic carbocycles. The van der Waals surface area contributed by atoms with Crippen LogP contribution in [-0.4, -0.2) is 16.9 Å². The Bertz CT molecular complexity index is 496. The van der Waals surface area contributed by atoms with Crippen molar-refractivity contribution in [3.8, 4) is 11.3 Å². The first kappa shape index (κ1) is 10.8. The third-order valence-corrected chi connectivity index (χ3v) is 2.37. The molecule has 0 spiro atoms. The van der Waals surface area contributed by atoms with Crippen molar-refractivity contribution in [1.82, 2.24) is 10.3 Å². The van der Waals surface area contributed by atoms with Gasteiger partial charge in [-0.05, 0) is 42.4 Å². The van der Waals surface area contributed by atoms with E-state index in [2.05, 4.69) is 14.9 Å². The molecule has 1 aromatic heterocycles. The first-order chi connectivity index (χ1) is 7.72. The van der Waals surface area contributed by atoms with Gasteiger partial charge in [-0.25, -0.2) is 9.02 Å². The Kier molecular flexibility index (Phi) is 2.96. The molecule has 0 aliphatic heterocycles. The van der Waals surface area contributed by atoms with Gasteiger partial charge in [-0.2, -0.15) is 0 Å². The lowest BCUT2D eigenvalue weighted by atomic mass is 10.1. The van der Waals surface area contributed by atoms with Crippen LogP contribution >= 0.6 is 0 Å². The number of halogens is 1. The summed E-state index contributed by atoms with van der Waals surface area (Å²) in [6.45, 7) is 2.18. The molecule has 0 aliphatic carbocycles. The van der Waals surface area contributed by atoms with Gasteiger partial charge < -0.3 is 5.73 Å². The van der Waals surface area contributed by atoms with Crippen LogP contribution in [0.5, 0.6) is 0 Å². The van der Waals surface area contributed by atoms with Crippen LogP contribution in [0.25, 0.3) is 11.3 Å². The van der Waals surface area contributed by atoms with Gasteiger partial charge in [0.15, 0.2) is 0 Å². The number of aromatic nitrogens is 2. The Morgan fingerprint density at radius 3 is 2.88 bits per heavy atom. The molecular formula is C11H12FN3O. The third-order valence-electron chi connectivity index (χ3n) is 2.37. The highest BCUT2D eigenvalue weighted by atomic mass is 19.1. The molecule has 1 heterocycles. The lowest BCUT2D eigenvalue weighted by Gasteiger charge is -2.01. The molecule has 0 unspecified atom stereocenters. The van der Waals surface area contributed by atoms with Crippen molar-refractivity contribution in [1.29, 1.82) is 0 Å². The van der Waals surface area contributed by atoms with Crippen LogP contribution in [0.4, 0.5) is 4.39 Å². The zero-order valence-corrected chi connectivity index (χ0v) is 8.90. The van der Waals surface area contributed by atoms with Crippen LogP contribution in [0.15, 0.2) is 22.8 Å². The zero-order valence-electron chi connectivity index (χ0n) is 8.90. The topological polar surface area (TPSA) is 64.9 Å². The standard InChI is InChI=1S/C11H12FN3O/c1-7-6-8(2-3-9(7)12)11-10(4-5-13)14-16-15-11/h2-3,6H,4-5,13H2,1H3. The van der Waals surface area contributed by atoms with Gasteiger partial charge in [-0.15, -0.1) is 0 Å². The maximum Gasteiger partial charge on any atom is 0.138 e. The molecule has 0 saturated carbocycles. The average molecular weight is 221 g/mol. The van der Waals surface area contributed by atoms with Gasteiger partial charge >= 0.3 is 0 Å². The van der Waals surface area contributed by atoms with E-state index in [-0.39, 0.29) is 5.82 Å². The van der Waals surface area contributed by atoms with E-state index in [1.807, 2.05) is 0 Å². The van der Waals surface area contributed by atoms with Crippen molar-refractivity contribution in [2.75, 3.05) is 6.54 Å². The molecule has 0 saturated heterocycles. The van der Waals surface area contributed by atoms with E-state index in [9.17, 15) is 4.39 Å². The zero-order chi connectivity index (χ0) is 11.5. The van der Waals surface area contributed by atoms with Crippen LogP contribution < -0.4 is 5.73 Å². The Morgan fingerprint density at radius 2 is 2.19 bits per heavy atom. The van der Waals surface area contributed by atoms with Crippen molar-refractivity contribution >= 4 is 0 Å². The molecule has 84 valence electrons. The van der Waals surface area contributed by atoms with Gasteiger partial charge in [0.25, 0.3) is 0 Å². The SMILES string of the molecule is Cc1cc(-c2nonc2CCN)ccc1F. The second kappa shape index (κ2) is 4.40.